The third kappa shape index (κ3) is 3.07. The Balaban J connectivity index is 2.35. The molecule has 0 radical (unpaired) electrons. The quantitative estimate of drug-likeness (QED) is 0.806. The number of aromatic nitrogens is 1. The number of para-hydroxylation sites is 1. The largest absolute Gasteiger partial charge is 0.550 e. The molecule has 100 valence electrons. The first-order valence-electron chi connectivity index (χ1n) is 5.54. The monoisotopic (exact) mass is 279 g/mol. The highest BCUT2D eigenvalue weighted by Gasteiger charge is 2.17. The Morgan fingerprint density at radius 2 is 2.00 bits per heavy atom. The Morgan fingerprint density at radius 3 is 2.74 bits per heavy atom. The molecule has 0 saturated carbocycles. The van der Waals surface area contributed by atoms with Crippen LogP contribution < -0.4 is 9.83 Å². The molecule has 19 heavy (non-hydrogen) atoms. The zero-order valence-electron chi connectivity index (χ0n) is 9.87. The van der Waals surface area contributed by atoms with Crippen molar-refractivity contribution in [1.82, 2.24) is 9.71 Å². The van der Waals surface area contributed by atoms with Crippen LogP contribution in [0, 0.1) is 0 Å². The SMILES string of the molecule is O=C([O-])CCNS(=O)(=O)c1cccc2cccnc12. The number of fused-ring (bicyclic) bond motifs is 1. The van der Waals surface area contributed by atoms with E-state index in [-0.39, 0.29) is 17.9 Å². The predicted octanol–water partition coefficient (Wildman–Crippen LogP) is -0.347. The number of nitrogens with one attached hydrogen (secondary N) is 1. The molecule has 0 aliphatic heterocycles. The van der Waals surface area contributed by atoms with E-state index >= 15 is 0 Å². The fraction of sp³-hybridized carbons (Fsp3) is 0.167. The maximum Gasteiger partial charge on any atom is 0.242 e. The first-order chi connectivity index (χ1) is 9.00. The highest BCUT2D eigenvalue weighted by molar-refractivity contribution is 7.89. The van der Waals surface area contributed by atoms with E-state index in [0.29, 0.717) is 10.9 Å². The molecule has 6 nitrogen and oxygen atoms in total. The van der Waals surface area contributed by atoms with E-state index in [0.717, 1.165) is 0 Å². The summed E-state index contributed by atoms with van der Waals surface area (Å²) in [4.78, 5) is 14.3. The second-order valence-corrected chi connectivity index (χ2v) is 5.59. The molecule has 0 bridgehead atoms. The minimum atomic E-state index is -3.79. The van der Waals surface area contributed by atoms with E-state index in [1.54, 1.807) is 24.3 Å². The summed E-state index contributed by atoms with van der Waals surface area (Å²) in [5.74, 6) is -1.31. The van der Waals surface area contributed by atoms with Crippen molar-refractivity contribution in [1.29, 1.82) is 0 Å². The molecule has 0 fully saturated rings. The molecule has 1 heterocycles. The smallest absolute Gasteiger partial charge is 0.242 e. The van der Waals surface area contributed by atoms with Gasteiger partial charge in [-0.1, -0.05) is 18.2 Å². The van der Waals surface area contributed by atoms with Crippen LogP contribution in [0.5, 0.6) is 0 Å². The van der Waals surface area contributed by atoms with E-state index in [4.69, 9.17) is 0 Å². The van der Waals surface area contributed by atoms with Crippen LogP contribution in [-0.4, -0.2) is 25.9 Å². The van der Waals surface area contributed by atoms with Crippen molar-refractivity contribution < 1.29 is 18.3 Å². The molecule has 0 unspecified atom stereocenters. The van der Waals surface area contributed by atoms with Gasteiger partial charge in [0.1, 0.15) is 4.90 Å². The van der Waals surface area contributed by atoms with E-state index in [2.05, 4.69) is 9.71 Å². The maximum absolute atomic E-state index is 12.1. The lowest BCUT2D eigenvalue weighted by molar-refractivity contribution is -0.305. The van der Waals surface area contributed by atoms with Gasteiger partial charge in [-0.3, -0.25) is 4.98 Å². The van der Waals surface area contributed by atoms with Gasteiger partial charge < -0.3 is 9.90 Å². The minimum Gasteiger partial charge on any atom is -0.550 e. The van der Waals surface area contributed by atoms with Gasteiger partial charge in [0.2, 0.25) is 10.0 Å². The van der Waals surface area contributed by atoms with Crippen LogP contribution in [0.15, 0.2) is 41.4 Å². The van der Waals surface area contributed by atoms with E-state index in [1.165, 1.54) is 12.3 Å². The lowest BCUT2D eigenvalue weighted by Crippen LogP contribution is -2.31. The minimum absolute atomic E-state index is 0.0314. The topological polar surface area (TPSA) is 99.2 Å². The van der Waals surface area contributed by atoms with Crippen LogP contribution >= 0.6 is 0 Å². The lowest BCUT2D eigenvalue weighted by atomic mass is 10.2. The molecule has 7 heteroatoms. The maximum atomic E-state index is 12.1. The van der Waals surface area contributed by atoms with E-state index < -0.39 is 16.0 Å². The van der Waals surface area contributed by atoms with Gasteiger partial charge in [-0.25, -0.2) is 13.1 Å². The first kappa shape index (κ1) is 13.4. The number of rotatable bonds is 5. The average molecular weight is 279 g/mol. The summed E-state index contributed by atoms with van der Waals surface area (Å²) in [7, 11) is -3.79. The van der Waals surface area contributed by atoms with Gasteiger partial charge in [-0.15, -0.1) is 0 Å². The number of sulfonamides is 1. The Labute approximate surface area is 110 Å². The van der Waals surface area contributed by atoms with Crippen molar-refractivity contribution in [3.05, 3.63) is 36.5 Å². The highest BCUT2D eigenvalue weighted by Crippen LogP contribution is 2.20. The molecule has 0 aliphatic carbocycles. The molecule has 1 N–H and O–H groups in total. The van der Waals surface area contributed by atoms with E-state index in [1.807, 2.05) is 0 Å². The lowest BCUT2D eigenvalue weighted by Gasteiger charge is -2.09. The van der Waals surface area contributed by atoms with Crippen molar-refractivity contribution in [2.24, 2.45) is 0 Å². The van der Waals surface area contributed by atoms with Crippen LogP contribution in [0.3, 0.4) is 0 Å². The molecule has 0 amide bonds. The van der Waals surface area contributed by atoms with Gasteiger partial charge in [0.15, 0.2) is 0 Å². The number of carboxylic acid groups (broad SMARTS) is 1. The van der Waals surface area contributed by atoms with Crippen LogP contribution in [-0.2, 0) is 14.8 Å². The zero-order chi connectivity index (χ0) is 13.9. The summed E-state index contributed by atoms with van der Waals surface area (Å²) < 4.78 is 26.3. The van der Waals surface area contributed by atoms with Gasteiger partial charge in [0.05, 0.1) is 5.52 Å². The second-order valence-electron chi connectivity index (χ2n) is 3.85. The van der Waals surface area contributed by atoms with Gasteiger partial charge in [0, 0.05) is 30.5 Å². The van der Waals surface area contributed by atoms with Crippen LogP contribution in [0.1, 0.15) is 6.42 Å². The molecule has 1 aromatic heterocycles. The summed E-state index contributed by atoms with van der Waals surface area (Å²) in [6, 6.07) is 8.25. The van der Waals surface area contributed by atoms with Gasteiger partial charge in [0.25, 0.3) is 0 Å². The molecular formula is C12H11N2O4S-. The fourth-order valence-electron chi connectivity index (χ4n) is 1.66. The van der Waals surface area contributed by atoms with Crippen molar-refractivity contribution in [3.8, 4) is 0 Å². The summed E-state index contributed by atoms with van der Waals surface area (Å²) >= 11 is 0. The van der Waals surface area contributed by atoms with Gasteiger partial charge in [-0.05, 0) is 12.1 Å². The molecule has 2 aromatic rings. The van der Waals surface area contributed by atoms with E-state index in [9.17, 15) is 18.3 Å². The molecule has 1 aromatic carbocycles. The summed E-state index contributed by atoms with van der Waals surface area (Å²) in [5, 5.41) is 11.0. The van der Waals surface area contributed by atoms with Crippen LogP contribution in [0.4, 0.5) is 0 Å². The second kappa shape index (κ2) is 5.33. The average Bonchev–Trinajstić information content (AvgIpc) is 2.37. The molecule has 0 saturated heterocycles. The third-order valence-corrected chi connectivity index (χ3v) is 4.00. The summed E-state index contributed by atoms with van der Waals surface area (Å²) in [6.07, 6.45) is 1.12. The fourth-order valence-corrected chi connectivity index (χ4v) is 2.87. The number of aliphatic carboxylic acids is 1. The number of carboxylic acids is 1. The number of carbonyl (C=O) groups is 1. The Morgan fingerprint density at radius 1 is 1.26 bits per heavy atom. The first-order valence-corrected chi connectivity index (χ1v) is 7.02. The Hall–Kier alpha value is -1.99. The van der Waals surface area contributed by atoms with Crippen molar-refractivity contribution in [3.63, 3.8) is 0 Å². The zero-order valence-corrected chi connectivity index (χ0v) is 10.7. The molecular weight excluding hydrogens is 268 g/mol. The number of hydrogen-bond acceptors (Lipinski definition) is 5. The molecule has 0 atom stereocenters. The van der Waals surface area contributed by atoms with Crippen molar-refractivity contribution >= 4 is 26.9 Å². The normalized spacial score (nSPS) is 11.6. The molecule has 0 aliphatic rings. The van der Waals surface area contributed by atoms with Crippen molar-refractivity contribution in [2.45, 2.75) is 11.3 Å². The van der Waals surface area contributed by atoms with Crippen molar-refractivity contribution in [2.75, 3.05) is 6.54 Å². The predicted molar refractivity (Wildman–Crippen MR) is 66.6 cm³/mol. The number of benzene rings is 1. The summed E-state index contributed by atoms with van der Waals surface area (Å²) in [5.41, 5.74) is 0.353. The molecule has 2 rings (SSSR count). The number of carbonyl (C=O) groups excluding carboxylic acids is 1. The number of nitrogens with zero attached hydrogens (tertiary/aromatic N) is 1. The summed E-state index contributed by atoms with van der Waals surface area (Å²) in [6.45, 7) is -0.214. The Kier molecular flexibility index (Phi) is 3.77. The van der Waals surface area contributed by atoms with Crippen LogP contribution in [0.2, 0.25) is 0 Å². The molecule has 0 spiro atoms. The van der Waals surface area contributed by atoms with Crippen LogP contribution in [0.25, 0.3) is 10.9 Å². The third-order valence-electron chi connectivity index (χ3n) is 2.51. The Bertz CT molecular complexity index is 707. The highest BCUT2D eigenvalue weighted by atomic mass is 32.2. The standard InChI is InChI=1S/C12H12N2O4S/c15-11(16)6-8-14-19(17,18)10-5-1-3-9-4-2-7-13-12(9)10/h1-5,7,14H,6,8H2,(H,15,16)/p-1. The van der Waals surface area contributed by atoms with Gasteiger partial charge in [-0.2, -0.15) is 0 Å². The van der Waals surface area contributed by atoms with Gasteiger partial charge >= 0.3 is 0 Å². The number of hydrogen-bond donors (Lipinski definition) is 1. The number of pyridine rings is 1.